The minimum atomic E-state index is -0.501. The highest BCUT2D eigenvalue weighted by molar-refractivity contribution is 5.85. The highest BCUT2D eigenvalue weighted by atomic mass is 35.5. The van der Waals surface area contributed by atoms with E-state index in [9.17, 15) is 4.79 Å². The number of quaternary nitrogens is 1. The van der Waals surface area contributed by atoms with Crippen molar-refractivity contribution >= 4 is 18.4 Å². The Morgan fingerprint density at radius 1 is 1.28 bits per heavy atom. The Balaban J connectivity index is -0.00000112. The quantitative estimate of drug-likeness (QED) is 0.287. The van der Waals surface area contributed by atoms with Gasteiger partial charge in [0.25, 0.3) is 0 Å². The highest BCUT2D eigenvalue weighted by Gasteiger charge is 2.15. The molecule has 0 aliphatic heterocycles. The van der Waals surface area contributed by atoms with E-state index >= 15 is 0 Å². The van der Waals surface area contributed by atoms with E-state index < -0.39 is 6.04 Å². The Morgan fingerprint density at radius 2 is 1.83 bits per heavy atom. The van der Waals surface area contributed by atoms with Gasteiger partial charge in [0.15, 0.2) is 0 Å². The van der Waals surface area contributed by atoms with Gasteiger partial charge in [0.1, 0.15) is 19.2 Å². The predicted molar refractivity (Wildman–Crippen MR) is 72.0 cm³/mol. The zero-order chi connectivity index (χ0) is 12.6. The molecule has 0 aliphatic carbocycles. The molecule has 4 N–H and O–H groups in total. The molecule has 0 amide bonds. The van der Waals surface area contributed by atoms with Crippen molar-refractivity contribution in [1.29, 1.82) is 0 Å². The van der Waals surface area contributed by atoms with Crippen molar-refractivity contribution in [3.63, 3.8) is 0 Å². The molecule has 0 aromatic carbocycles. The summed E-state index contributed by atoms with van der Waals surface area (Å²) in [4.78, 5) is 11.4. The zero-order valence-corrected chi connectivity index (χ0v) is 13.1. The maximum absolute atomic E-state index is 11.4. The van der Waals surface area contributed by atoms with Crippen LogP contribution >= 0.6 is 12.4 Å². The van der Waals surface area contributed by atoms with E-state index in [-0.39, 0.29) is 30.8 Å². The van der Waals surface area contributed by atoms with Gasteiger partial charge in [0.05, 0.1) is 21.1 Å². The number of unbranched alkanes of at least 4 members (excludes halogenated alkanes) is 1. The molecule has 0 radical (unpaired) electrons. The van der Waals surface area contributed by atoms with E-state index in [1.54, 1.807) is 0 Å². The minimum Gasteiger partial charge on any atom is -1.00 e. The summed E-state index contributed by atoms with van der Waals surface area (Å²) in [7, 11) is 6.15. The molecule has 0 fully saturated rings. The standard InChI is InChI=1S/C11H26N3O2.2ClH/c1-14(2,3)8-9-16-11(15)10(13)6-4-5-7-12;;/h10H,4-9,12-13H2,1-3H3;2*1H/q+1;;/p-1/t10-;;/m0../s1. The van der Waals surface area contributed by atoms with Crippen LogP contribution in [0.25, 0.3) is 0 Å². The number of nitrogens with zero attached hydrogens (tertiary/aromatic N) is 1. The first-order valence-electron chi connectivity index (χ1n) is 5.79. The maximum Gasteiger partial charge on any atom is 0.323 e. The van der Waals surface area contributed by atoms with Crippen LogP contribution in [-0.4, -0.2) is 57.3 Å². The fourth-order valence-electron chi connectivity index (χ4n) is 1.15. The summed E-state index contributed by atoms with van der Waals surface area (Å²) in [6.07, 6.45) is 2.43. The highest BCUT2D eigenvalue weighted by Crippen LogP contribution is 2.00. The molecule has 0 aromatic heterocycles. The summed E-state index contributed by atoms with van der Waals surface area (Å²) in [5.74, 6) is -0.300. The second-order valence-corrected chi connectivity index (χ2v) is 5.07. The molecule has 0 rings (SSSR count). The van der Waals surface area contributed by atoms with E-state index in [1.165, 1.54) is 0 Å². The van der Waals surface area contributed by atoms with E-state index in [0.29, 0.717) is 19.6 Å². The number of nitrogens with two attached hydrogens (primary N) is 2. The number of hydrogen-bond donors (Lipinski definition) is 2. The van der Waals surface area contributed by atoms with E-state index in [2.05, 4.69) is 21.1 Å². The summed E-state index contributed by atoms with van der Waals surface area (Å²) in [5, 5.41) is 0. The molecule has 0 saturated heterocycles. The molecule has 112 valence electrons. The molecule has 7 heteroatoms. The van der Waals surface area contributed by atoms with Crippen molar-refractivity contribution in [3.05, 3.63) is 0 Å². The number of esters is 1. The molecule has 0 spiro atoms. The lowest BCUT2D eigenvalue weighted by Gasteiger charge is -2.23. The van der Waals surface area contributed by atoms with Crippen LogP contribution in [0, 0.1) is 0 Å². The Morgan fingerprint density at radius 3 is 2.28 bits per heavy atom. The first-order chi connectivity index (χ1) is 7.37. The van der Waals surface area contributed by atoms with Crippen LogP contribution in [0.2, 0.25) is 0 Å². The third kappa shape index (κ3) is 14.0. The fraction of sp³-hybridized carbons (Fsp3) is 0.909. The largest absolute Gasteiger partial charge is 1.00 e. The van der Waals surface area contributed by atoms with Gasteiger partial charge in [-0.15, -0.1) is 12.4 Å². The third-order valence-electron chi connectivity index (χ3n) is 2.28. The lowest BCUT2D eigenvalue weighted by Crippen LogP contribution is -3.00. The molecule has 0 unspecified atom stereocenters. The summed E-state index contributed by atoms with van der Waals surface area (Å²) in [5.41, 5.74) is 11.0. The normalized spacial score (nSPS) is 12.1. The van der Waals surface area contributed by atoms with Gasteiger partial charge in [-0.3, -0.25) is 4.79 Å². The molecular weight excluding hydrogens is 277 g/mol. The van der Waals surface area contributed by atoms with E-state index in [1.807, 2.05) is 0 Å². The van der Waals surface area contributed by atoms with E-state index in [0.717, 1.165) is 23.9 Å². The van der Waals surface area contributed by atoms with Crippen molar-refractivity contribution in [2.45, 2.75) is 25.3 Å². The summed E-state index contributed by atoms with van der Waals surface area (Å²) in [6, 6.07) is -0.501. The molecule has 18 heavy (non-hydrogen) atoms. The van der Waals surface area contributed by atoms with Gasteiger partial charge < -0.3 is 33.1 Å². The third-order valence-corrected chi connectivity index (χ3v) is 2.28. The number of halogens is 2. The minimum absolute atomic E-state index is 0. The molecular formula is C11H27Cl2N3O2. The van der Waals surface area contributed by atoms with Crippen LogP contribution in [0.5, 0.6) is 0 Å². The lowest BCUT2D eigenvalue weighted by atomic mass is 10.1. The monoisotopic (exact) mass is 303 g/mol. The number of carbonyl (C=O) groups is 1. The van der Waals surface area contributed by atoms with Gasteiger partial charge in [-0.05, 0) is 19.4 Å². The van der Waals surface area contributed by atoms with Crippen LogP contribution in [0.3, 0.4) is 0 Å². The Kier molecular flexibility index (Phi) is 15.4. The average molecular weight is 304 g/mol. The summed E-state index contributed by atoms with van der Waals surface area (Å²) in [6.45, 7) is 1.86. The van der Waals surface area contributed by atoms with Gasteiger partial charge in [-0.25, -0.2) is 0 Å². The van der Waals surface area contributed by atoms with Crippen LogP contribution in [-0.2, 0) is 9.53 Å². The fourth-order valence-corrected chi connectivity index (χ4v) is 1.15. The van der Waals surface area contributed by atoms with Crippen LogP contribution in [0.1, 0.15) is 19.3 Å². The number of likely N-dealkylation sites (N-methyl/N-ethyl adjacent to an activating group) is 1. The Bertz CT molecular complexity index is 211. The van der Waals surface area contributed by atoms with Crippen molar-refractivity contribution in [3.8, 4) is 0 Å². The molecule has 1 atom stereocenters. The van der Waals surface area contributed by atoms with Gasteiger partial charge in [-0.1, -0.05) is 6.42 Å². The zero-order valence-electron chi connectivity index (χ0n) is 11.5. The van der Waals surface area contributed by atoms with Crippen LogP contribution < -0.4 is 23.9 Å². The second kappa shape index (κ2) is 12.0. The van der Waals surface area contributed by atoms with Gasteiger partial charge in [-0.2, -0.15) is 0 Å². The summed E-state index contributed by atoms with van der Waals surface area (Å²) < 4.78 is 5.87. The molecule has 0 bridgehead atoms. The first-order valence-corrected chi connectivity index (χ1v) is 5.79. The second-order valence-electron chi connectivity index (χ2n) is 5.07. The molecule has 5 nitrogen and oxygen atoms in total. The first kappa shape index (κ1) is 23.1. The maximum atomic E-state index is 11.4. The van der Waals surface area contributed by atoms with Crippen LogP contribution in [0.15, 0.2) is 0 Å². The molecule has 0 saturated carbocycles. The van der Waals surface area contributed by atoms with Gasteiger partial charge >= 0.3 is 5.97 Å². The smallest absolute Gasteiger partial charge is 0.323 e. The summed E-state index contributed by atoms with van der Waals surface area (Å²) >= 11 is 0. The van der Waals surface area contributed by atoms with Crippen molar-refractivity contribution in [2.24, 2.45) is 11.5 Å². The Hall–Kier alpha value is -0.0700. The van der Waals surface area contributed by atoms with Crippen molar-refractivity contribution in [2.75, 3.05) is 40.8 Å². The number of rotatable bonds is 8. The molecule has 0 aliphatic rings. The van der Waals surface area contributed by atoms with Gasteiger partial charge in [0.2, 0.25) is 0 Å². The Labute approximate surface area is 123 Å². The van der Waals surface area contributed by atoms with Crippen molar-refractivity contribution in [1.82, 2.24) is 0 Å². The van der Waals surface area contributed by atoms with Crippen molar-refractivity contribution < 1.29 is 26.4 Å². The average Bonchev–Trinajstić information content (AvgIpc) is 2.15. The predicted octanol–water partition coefficient (Wildman–Crippen LogP) is -2.88. The number of carbonyl (C=O) groups excluding carboxylic acids is 1. The van der Waals surface area contributed by atoms with E-state index in [4.69, 9.17) is 16.2 Å². The van der Waals surface area contributed by atoms with Crippen LogP contribution in [0.4, 0.5) is 0 Å². The number of ether oxygens (including phenoxy) is 1. The number of hydrogen-bond acceptors (Lipinski definition) is 4. The topological polar surface area (TPSA) is 78.3 Å². The molecule has 0 heterocycles. The SMILES string of the molecule is C[N+](C)(C)CCOC(=O)[C@@H](N)CCCCN.Cl.[Cl-]. The molecule has 0 aromatic rings. The lowest BCUT2D eigenvalue weighted by molar-refractivity contribution is -0.870. The van der Waals surface area contributed by atoms with Gasteiger partial charge in [0, 0.05) is 0 Å².